The van der Waals surface area contributed by atoms with Gasteiger partial charge in [-0.15, -0.1) is 0 Å². The lowest BCUT2D eigenvalue weighted by Gasteiger charge is -2.22. The highest BCUT2D eigenvalue weighted by Gasteiger charge is 2.51. The summed E-state index contributed by atoms with van der Waals surface area (Å²) < 4.78 is 11.3. The second-order valence-electron chi connectivity index (χ2n) is 7.62. The van der Waals surface area contributed by atoms with Crippen LogP contribution in [0.1, 0.15) is 24.0 Å². The Morgan fingerprint density at radius 2 is 1.74 bits per heavy atom. The van der Waals surface area contributed by atoms with Crippen molar-refractivity contribution in [2.24, 2.45) is 5.92 Å². The predicted molar refractivity (Wildman–Crippen MR) is 99.5 cm³/mol. The van der Waals surface area contributed by atoms with Gasteiger partial charge in [0.05, 0.1) is 6.10 Å². The van der Waals surface area contributed by atoms with E-state index in [1.165, 1.54) is 22.3 Å². The summed E-state index contributed by atoms with van der Waals surface area (Å²) in [5.41, 5.74) is 4.76. The minimum atomic E-state index is -0.490. The number of benzene rings is 2. The second kappa shape index (κ2) is 6.20. The first-order chi connectivity index (χ1) is 13.1. The number of ether oxygens (including phenoxy) is 2. The van der Waals surface area contributed by atoms with E-state index in [9.17, 15) is 9.59 Å². The third-order valence-corrected chi connectivity index (χ3v) is 6.01. The van der Waals surface area contributed by atoms with Crippen molar-refractivity contribution in [3.8, 4) is 11.1 Å². The molecule has 0 N–H and O–H groups in total. The Balaban J connectivity index is 1.36. The van der Waals surface area contributed by atoms with E-state index in [1.54, 1.807) is 4.90 Å². The maximum Gasteiger partial charge on any atom is 0.410 e. The van der Waals surface area contributed by atoms with Crippen molar-refractivity contribution in [1.82, 2.24) is 4.90 Å². The number of ketones is 1. The Morgan fingerprint density at radius 3 is 2.41 bits per heavy atom. The molecule has 5 nitrogen and oxygen atoms in total. The first-order valence-electron chi connectivity index (χ1n) is 9.41. The number of Topliss-reactive ketones (excluding diaryl/α,β-unsaturated/α-hetero) is 1. The van der Waals surface area contributed by atoms with Crippen LogP contribution in [0.3, 0.4) is 0 Å². The molecule has 0 saturated carbocycles. The van der Waals surface area contributed by atoms with E-state index in [2.05, 4.69) is 24.3 Å². The largest absolute Gasteiger partial charge is 0.448 e. The smallest absolute Gasteiger partial charge is 0.410 e. The number of carbonyl (C=O) groups excluding carboxylic acids is 2. The van der Waals surface area contributed by atoms with Gasteiger partial charge in [-0.05, 0) is 22.3 Å². The standard InChI is InChI=1S/C22H21NO4/c1-13-10-23(20-19(24)12-26-21(13)20)22(25)27-11-18-16-8-4-2-6-14(16)15-7-3-5-9-17(15)18/h2-9,13,18,20-21H,10-12H2,1H3/t13-,20+,21+/m0/s1. The molecule has 1 amide bonds. The van der Waals surface area contributed by atoms with Crippen LogP contribution < -0.4 is 0 Å². The zero-order chi connectivity index (χ0) is 18.5. The van der Waals surface area contributed by atoms with E-state index in [4.69, 9.17) is 9.47 Å². The van der Waals surface area contributed by atoms with Crippen molar-refractivity contribution in [3.05, 3.63) is 59.7 Å². The van der Waals surface area contributed by atoms with Gasteiger partial charge in [0.15, 0.2) is 5.78 Å². The number of likely N-dealkylation sites (tertiary alicyclic amines) is 1. The Morgan fingerprint density at radius 1 is 1.11 bits per heavy atom. The predicted octanol–water partition coefficient (Wildman–Crippen LogP) is 3.22. The lowest BCUT2D eigenvalue weighted by atomic mass is 9.98. The number of fused-ring (bicyclic) bond motifs is 4. The highest BCUT2D eigenvalue weighted by atomic mass is 16.6. The van der Waals surface area contributed by atoms with Crippen molar-refractivity contribution < 1.29 is 19.1 Å². The molecular weight excluding hydrogens is 342 g/mol. The van der Waals surface area contributed by atoms with Gasteiger partial charge in [-0.1, -0.05) is 55.5 Å². The average Bonchev–Trinajstić information content (AvgIpc) is 3.33. The fourth-order valence-electron chi connectivity index (χ4n) is 4.76. The van der Waals surface area contributed by atoms with Crippen LogP contribution in [0.4, 0.5) is 4.79 Å². The van der Waals surface area contributed by atoms with E-state index in [-0.39, 0.29) is 36.9 Å². The van der Waals surface area contributed by atoms with E-state index in [1.807, 2.05) is 31.2 Å². The molecule has 1 aliphatic carbocycles. The minimum Gasteiger partial charge on any atom is -0.448 e. The molecule has 0 aromatic heterocycles. The van der Waals surface area contributed by atoms with Crippen LogP contribution in [0.25, 0.3) is 11.1 Å². The maximum atomic E-state index is 12.8. The van der Waals surface area contributed by atoms with E-state index >= 15 is 0 Å². The monoisotopic (exact) mass is 363 g/mol. The van der Waals surface area contributed by atoms with Crippen molar-refractivity contribution in [2.75, 3.05) is 19.8 Å². The Bertz CT molecular complexity index is 879. The summed E-state index contributed by atoms with van der Waals surface area (Å²) in [6, 6.07) is 16.0. The maximum absolute atomic E-state index is 12.8. The van der Waals surface area contributed by atoms with Crippen molar-refractivity contribution in [3.63, 3.8) is 0 Å². The van der Waals surface area contributed by atoms with Crippen molar-refractivity contribution in [1.29, 1.82) is 0 Å². The minimum absolute atomic E-state index is 0.0210. The molecule has 0 unspecified atom stereocenters. The third kappa shape index (κ3) is 2.49. The molecule has 0 bridgehead atoms. The molecule has 3 aliphatic rings. The molecule has 2 aliphatic heterocycles. The van der Waals surface area contributed by atoms with Gasteiger partial charge in [0.1, 0.15) is 19.3 Å². The molecule has 2 aromatic rings. The van der Waals surface area contributed by atoms with Crippen LogP contribution in [0.15, 0.2) is 48.5 Å². The van der Waals surface area contributed by atoms with Crippen LogP contribution in [-0.4, -0.2) is 48.7 Å². The zero-order valence-electron chi connectivity index (χ0n) is 15.1. The Labute approximate surface area is 157 Å². The number of rotatable bonds is 2. The first-order valence-corrected chi connectivity index (χ1v) is 9.41. The molecule has 27 heavy (non-hydrogen) atoms. The fraction of sp³-hybridized carbons (Fsp3) is 0.364. The van der Waals surface area contributed by atoms with Gasteiger partial charge in [0.25, 0.3) is 0 Å². The zero-order valence-corrected chi connectivity index (χ0v) is 15.1. The highest BCUT2D eigenvalue weighted by molar-refractivity contribution is 5.91. The summed E-state index contributed by atoms with van der Waals surface area (Å²) in [6.45, 7) is 2.86. The lowest BCUT2D eigenvalue weighted by molar-refractivity contribution is -0.121. The van der Waals surface area contributed by atoms with Crippen LogP contribution in [-0.2, 0) is 14.3 Å². The summed E-state index contributed by atoms with van der Waals surface area (Å²) in [5.74, 6) is 0.132. The van der Waals surface area contributed by atoms with Gasteiger partial charge in [0, 0.05) is 18.4 Å². The molecule has 3 atom stereocenters. The fourth-order valence-corrected chi connectivity index (χ4v) is 4.76. The van der Waals surface area contributed by atoms with Crippen LogP contribution >= 0.6 is 0 Å². The molecule has 2 saturated heterocycles. The van der Waals surface area contributed by atoms with Crippen LogP contribution in [0.5, 0.6) is 0 Å². The Hall–Kier alpha value is -2.66. The van der Waals surface area contributed by atoms with E-state index in [0.717, 1.165) is 0 Å². The van der Waals surface area contributed by atoms with Gasteiger partial charge in [-0.25, -0.2) is 4.79 Å². The number of carbonyl (C=O) groups is 2. The molecule has 5 heteroatoms. The molecule has 5 rings (SSSR count). The second-order valence-corrected chi connectivity index (χ2v) is 7.62. The van der Waals surface area contributed by atoms with Gasteiger partial charge in [0.2, 0.25) is 0 Å². The van der Waals surface area contributed by atoms with Crippen LogP contribution in [0, 0.1) is 5.92 Å². The Kier molecular flexibility index (Phi) is 3.79. The number of nitrogens with zero attached hydrogens (tertiary/aromatic N) is 1. The molecule has 0 radical (unpaired) electrons. The van der Waals surface area contributed by atoms with Crippen molar-refractivity contribution in [2.45, 2.75) is 25.0 Å². The van der Waals surface area contributed by atoms with Gasteiger partial charge in [-0.3, -0.25) is 9.69 Å². The first kappa shape index (κ1) is 16.5. The normalized spacial score (nSPS) is 26.0. The van der Waals surface area contributed by atoms with E-state index < -0.39 is 12.1 Å². The van der Waals surface area contributed by atoms with Gasteiger partial charge >= 0.3 is 6.09 Å². The van der Waals surface area contributed by atoms with Crippen LogP contribution in [0.2, 0.25) is 0 Å². The average molecular weight is 363 g/mol. The van der Waals surface area contributed by atoms with Gasteiger partial charge in [-0.2, -0.15) is 0 Å². The highest BCUT2D eigenvalue weighted by Crippen LogP contribution is 2.44. The number of amides is 1. The summed E-state index contributed by atoms with van der Waals surface area (Å²) in [7, 11) is 0. The molecule has 138 valence electrons. The topological polar surface area (TPSA) is 55.8 Å². The molecule has 2 fully saturated rings. The summed E-state index contributed by atoms with van der Waals surface area (Å²) in [5, 5.41) is 0. The molecule has 0 spiro atoms. The number of hydrogen-bond acceptors (Lipinski definition) is 4. The summed E-state index contributed by atoms with van der Waals surface area (Å²) >= 11 is 0. The summed E-state index contributed by atoms with van der Waals surface area (Å²) in [4.78, 5) is 26.4. The van der Waals surface area contributed by atoms with E-state index in [0.29, 0.717) is 6.54 Å². The van der Waals surface area contributed by atoms with Crippen molar-refractivity contribution >= 4 is 11.9 Å². The molecule has 2 heterocycles. The molecule has 2 aromatic carbocycles. The molecular formula is C22H21NO4. The number of hydrogen-bond donors (Lipinski definition) is 0. The summed E-state index contributed by atoms with van der Waals surface area (Å²) in [6.07, 6.45) is -0.618. The SMILES string of the molecule is C[C@H]1CN(C(=O)OCC2c3ccccc3-c3ccccc32)[C@@H]2C(=O)CO[C@@H]21. The van der Waals surface area contributed by atoms with Gasteiger partial charge < -0.3 is 9.47 Å². The quantitative estimate of drug-likeness (QED) is 0.822. The lowest BCUT2D eigenvalue weighted by Crippen LogP contribution is -2.42. The third-order valence-electron chi connectivity index (χ3n) is 6.01.